The van der Waals surface area contributed by atoms with Crippen LogP contribution < -0.4 is 15.4 Å². The lowest BCUT2D eigenvalue weighted by molar-refractivity contribution is 0.00856. The molecule has 2 fully saturated rings. The minimum atomic E-state index is -0.522. The molecule has 0 unspecified atom stereocenters. The Balaban J connectivity index is 1.24. The van der Waals surface area contributed by atoms with Gasteiger partial charge >= 0.3 is 6.09 Å². The summed E-state index contributed by atoms with van der Waals surface area (Å²) in [7, 11) is 0. The number of hydrogen-bond acceptors (Lipinski definition) is 6. The molecule has 2 heterocycles. The van der Waals surface area contributed by atoms with E-state index in [0.717, 1.165) is 18.7 Å². The summed E-state index contributed by atoms with van der Waals surface area (Å²) >= 11 is 0. The Kier molecular flexibility index (Phi) is 7.06. The van der Waals surface area contributed by atoms with Gasteiger partial charge in [0.2, 0.25) is 0 Å². The van der Waals surface area contributed by atoms with E-state index in [1.54, 1.807) is 24.3 Å². The van der Waals surface area contributed by atoms with E-state index in [-0.39, 0.29) is 18.2 Å². The Morgan fingerprint density at radius 2 is 1.71 bits per heavy atom. The molecule has 0 bridgehead atoms. The summed E-state index contributed by atoms with van der Waals surface area (Å²) in [6, 6.07) is 16.8. The Morgan fingerprint density at radius 3 is 2.45 bits per heavy atom. The van der Waals surface area contributed by atoms with Crippen molar-refractivity contribution in [2.24, 2.45) is 5.92 Å². The molecule has 1 amide bonds. The van der Waals surface area contributed by atoms with Gasteiger partial charge in [-0.3, -0.25) is 5.32 Å². The van der Waals surface area contributed by atoms with Crippen LogP contribution in [0.1, 0.15) is 20.3 Å². The van der Waals surface area contributed by atoms with Gasteiger partial charge in [-0.1, -0.05) is 32.0 Å². The van der Waals surface area contributed by atoms with Crippen molar-refractivity contribution in [2.75, 3.05) is 25.1 Å². The number of para-hydroxylation sites is 1. The molecule has 7 heteroatoms. The Bertz CT molecular complexity index is 843. The van der Waals surface area contributed by atoms with Gasteiger partial charge in [-0.15, -0.1) is 0 Å². The average molecular weight is 427 g/mol. The van der Waals surface area contributed by atoms with Gasteiger partial charge < -0.3 is 24.3 Å². The second-order valence-corrected chi connectivity index (χ2v) is 8.35. The zero-order valence-corrected chi connectivity index (χ0v) is 18.0. The van der Waals surface area contributed by atoms with Crippen molar-refractivity contribution < 1.29 is 23.7 Å². The number of carbonyl (C=O) groups excluding carboxylic acids is 1. The summed E-state index contributed by atoms with van der Waals surface area (Å²) in [6.07, 6.45) is -0.150. The standard InChI is InChI=1S/C24H30N2O5/c1-16(2)12-13-25-20-14-28-23-21(15-29-22(20)23)31-24(27)26-17-8-10-19(11-9-17)30-18-6-4-3-5-7-18/h3-11,16,20-23,25H,12-15H2,1-2H3,(H,26,27)/t20-,21-,22-,23+/m1/s1. The molecule has 2 aliphatic rings. The third-order valence-electron chi connectivity index (χ3n) is 5.47. The maximum absolute atomic E-state index is 12.4. The monoisotopic (exact) mass is 426 g/mol. The Hall–Kier alpha value is -2.61. The summed E-state index contributed by atoms with van der Waals surface area (Å²) in [6.45, 7) is 6.24. The molecule has 2 aliphatic heterocycles. The third kappa shape index (κ3) is 5.76. The van der Waals surface area contributed by atoms with Gasteiger partial charge in [0.25, 0.3) is 0 Å². The molecule has 0 aromatic heterocycles. The number of ether oxygens (including phenoxy) is 4. The highest BCUT2D eigenvalue weighted by Gasteiger charge is 2.49. The molecule has 166 valence electrons. The van der Waals surface area contributed by atoms with Crippen LogP contribution in [0.4, 0.5) is 10.5 Å². The molecule has 0 radical (unpaired) electrons. The molecule has 0 spiro atoms. The fraction of sp³-hybridized carbons (Fsp3) is 0.458. The molecule has 2 saturated heterocycles. The number of amides is 1. The van der Waals surface area contributed by atoms with Crippen LogP contribution in [-0.2, 0) is 14.2 Å². The van der Waals surface area contributed by atoms with Gasteiger partial charge in [0, 0.05) is 5.69 Å². The number of hydrogen-bond donors (Lipinski definition) is 2. The first-order valence-electron chi connectivity index (χ1n) is 10.9. The molecule has 4 atom stereocenters. The second-order valence-electron chi connectivity index (χ2n) is 8.35. The first kappa shape index (κ1) is 21.6. The Morgan fingerprint density at radius 1 is 1.00 bits per heavy atom. The van der Waals surface area contributed by atoms with E-state index in [9.17, 15) is 4.79 Å². The largest absolute Gasteiger partial charge is 0.457 e. The summed E-state index contributed by atoms with van der Waals surface area (Å²) in [5.74, 6) is 2.09. The van der Waals surface area contributed by atoms with Crippen molar-refractivity contribution in [3.8, 4) is 11.5 Å². The van der Waals surface area contributed by atoms with Crippen molar-refractivity contribution >= 4 is 11.8 Å². The highest BCUT2D eigenvalue weighted by atomic mass is 16.6. The van der Waals surface area contributed by atoms with E-state index < -0.39 is 12.2 Å². The van der Waals surface area contributed by atoms with Gasteiger partial charge in [0.15, 0.2) is 6.10 Å². The summed E-state index contributed by atoms with van der Waals surface area (Å²) < 4.78 is 23.1. The maximum atomic E-state index is 12.4. The van der Waals surface area contributed by atoms with Crippen molar-refractivity contribution in [2.45, 2.75) is 44.6 Å². The lowest BCUT2D eigenvalue weighted by Gasteiger charge is -2.18. The van der Waals surface area contributed by atoms with Crippen LogP contribution >= 0.6 is 0 Å². The number of anilines is 1. The van der Waals surface area contributed by atoms with Gasteiger partial charge in [-0.2, -0.15) is 0 Å². The number of carbonyl (C=O) groups is 1. The topological polar surface area (TPSA) is 78.0 Å². The van der Waals surface area contributed by atoms with E-state index in [4.69, 9.17) is 18.9 Å². The quantitative estimate of drug-likeness (QED) is 0.659. The lowest BCUT2D eigenvalue weighted by Crippen LogP contribution is -2.42. The Labute approximate surface area is 183 Å². The van der Waals surface area contributed by atoms with Crippen molar-refractivity contribution in [1.29, 1.82) is 0 Å². The average Bonchev–Trinajstić information content (AvgIpc) is 3.33. The second kappa shape index (κ2) is 10.1. The van der Waals surface area contributed by atoms with Gasteiger partial charge in [-0.05, 0) is 55.3 Å². The molecule has 2 aromatic rings. The molecule has 0 aliphatic carbocycles. The summed E-state index contributed by atoms with van der Waals surface area (Å²) in [5, 5.41) is 6.26. The molecule has 4 rings (SSSR count). The number of nitrogens with one attached hydrogen (secondary N) is 2. The molecule has 31 heavy (non-hydrogen) atoms. The van der Waals surface area contributed by atoms with Crippen LogP contribution in [0, 0.1) is 5.92 Å². The smallest absolute Gasteiger partial charge is 0.412 e. The van der Waals surface area contributed by atoms with Gasteiger partial charge in [0.1, 0.15) is 23.7 Å². The minimum Gasteiger partial charge on any atom is -0.457 e. The van der Waals surface area contributed by atoms with Crippen molar-refractivity contribution in [3.63, 3.8) is 0 Å². The van der Waals surface area contributed by atoms with E-state index in [1.807, 2.05) is 30.3 Å². The molecular weight excluding hydrogens is 396 g/mol. The fourth-order valence-electron chi connectivity index (χ4n) is 3.81. The zero-order valence-electron chi connectivity index (χ0n) is 18.0. The highest BCUT2D eigenvalue weighted by molar-refractivity contribution is 5.84. The third-order valence-corrected chi connectivity index (χ3v) is 5.47. The molecule has 2 aromatic carbocycles. The van der Waals surface area contributed by atoms with E-state index in [0.29, 0.717) is 30.6 Å². The fourth-order valence-corrected chi connectivity index (χ4v) is 3.81. The van der Waals surface area contributed by atoms with Crippen LogP contribution in [0.15, 0.2) is 54.6 Å². The number of rotatable bonds is 8. The molecule has 0 saturated carbocycles. The van der Waals surface area contributed by atoms with Crippen LogP contribution in [0.25, 0.3) is 0 Å². The SMILES string of the molecule is CC(C)CCN[C@@H]1CO[C@@H]2[C@@H]1OC[C@H]2OC(=O)Nc1ccc(Oc2ccccc2)cc1. The predicted octanol–water partition coefficient (Wildman–Crippen LogP) is 4.20. The predicted molar refractivity (Wildman–Crippen MR) is 118 cm³/mol. The molecule has 7 nitrogen and oxygen atoms in total. The molecule has 2 N–H and O–H groups in total. The van der Waals surface area contributed by atoms with Crippen molar-refractivity contribution in [1.82, 2.24) is 5.32 Å². The van der Waals surface area contributed by atoms with E-state index in [2.05, 4.69) is 24.5 Å². The lowest BCUT2D eigenvalue weighted by atomic mass is 10.1. The number of fused-ring (bicyclic) bond motifs is 1. The van der Waals surface area contributed by atoms with Crippen LogP contribution in [-0.4, -0.2) is 50.2 Å². The van der Waals surface area contributed by atoms with Gasteiger partial charge in [0.05, 0.1) is 19.3 Å². The first-order chi connectivity index (χ1) is 15.1. The van der Waals surface area contributed by atoms with Crippen LogP contribution in [0.5, 0.6) is 11.5 Å². The van der Waals surface area contributed by atoms with Crippen LogP contribution in [0.2, 0.25) is 0 Å². The van der Waals surface area contributed by atoms with Crippen molar-refractivity contribution in [3.05, 3.63) is 54.6 Å². The maximum Gasteiger partial charge on any atom is 0.412 e. The summed E-state index contributed by atoms with van der Waals surface area (Å²) in [4.78, 5) is 12.4. The van der Waals surface area contributed by atoms with Crippen LogP contribution in [0.3, 0.4) is 0 Å². The zero-order chi connectivity index (χ0) is 21.6. The summed E-state index contributed by atoms with van der Waals surface area (Å²) in [5.41, 5.74) is 0.626. The minimum absolute atomic E-state index is 0.0839. The normalized spacial score (nSPS) is 24.7. The van der Waals surface area contributed by atoms with Gasteiger partial charge in [-0.25, -0.2) is 4.79 Å². The number of benzene rings is 2. The van der Waals surface area contributed by atoms with E-state index in [1.165, 1.54) is 0 Å². The van der Waals surface area contributed by atoms with E-state index >= 15 is 0 Å². The highest BCUT2D eigenvalue weighted by Crippen LogP contribution is 2.29. The molecular formula is C24H30N2O5. The first-order valence-corrected chi connectivity index (χ1v) is 10.9.